The summed E-state index contributed by atoms with van der Waals surface area (Å²) in [6, 6.07) is 5.82. The van der Waals surface area contributed by atoms with E-state index in [1.54, 1.807) is 0 Å². The molecule has 0 radical (unpaired) electrons. The van der Waals surface area contributed by atoms with Crippen molar-refractivity contribution < 1.29 is 0 Å². The smallest absolute Gasteiger partial charge is 0.195 e. The molecule has 2 rings (SSSR count). The first-order valence-corrected chi connectivity index (χ1v) is 4.68. The molecule has 0 spiro atoms. The molecule has 0 unspecified atom stereocenters. The van der Waals surface area contributed by atoms with Gasteiger partial charge in [-0.15, -0.1) is 0 Å². The lowest BCUT2D eigenvalue weighted by Gasteiger charge is -2.10. The van der Waals surface area contributed by atoms with E-state index in [0.717, 1.165) is 36.0 Å². The molecule has 0 bridgehead atoms. The van der Waals surface area contributed by atoms with Gasteiger partial charge < -0.3 is 16.4 Å². The Kier molecular flexibility index (Phi) is 2.26. The molecule has 4 heteroatoms. The molecule has 0 fully saturated rings. The standard InChI is InChI=1S/C10H14N4/c1-7-8(11)3-2-4-9(7)14-10-12-5-6-13-10/h2-4H,5-6,11H2,1H3,(H2,12,13,14). The Bertz CT molecular complexity index is 370. The molecule has 0 saturated carbocycles. The molecule has 0 aliphatic carbocycles. The quantitative estimate of drug-likeness (QED) is 0.578. The molecule has 4 nitrogen and oxygen atoms in total. The second-order valence-electron chi connectivity index (χ2n) is 3.30. The summed E-state index contributed by atoms with van der Waals surface area (Å²) in [7, 11) is 0. The van der Waals surface area contributed by atoms with Crippen LogP contribution in [-0.4, -0.2) is 19.0 Å². The van der Waals surface area contributed by atoms with Crippen molar-refractivity contribution in [2.45, 2.75) is 6.92 Å². The largest absolute Gasteiger partial charge is 0.398 e. The predicted molar refractivity (Wildman–Crippen MR) is 59.5 cm³/mol. The van der Waals surface area contributed by atoms with Gasteiger partial charge in [0.1, 0.15) is 0 Å². The van der Waals surface area contributed by atoms with Crippen LogP contribution in [0.4, 0.5) is 11.4 Å². The number of guanidine groups is 1. The van der Waals surface area contributed by atoms with Crippen molar-refractivity contribution in [3.05, 3.63) is 23.8 Å². The van der Waals surface area contributed by atoms with Crippen LogP contribution in [0.2, 0.25) is 0 Å². The van der Waals surface area contributed by atoms with E-state index in [2.05, 4.69) is 15.6 Å². The minimum atomic E-state index is 0.800. The van der Waals surface area contributed by atoms with Crippen LogP contribution in [0.1, 0.15) is 5.56 Å². The number of hydrogen-bond donors (Lipinski definition) is 3. The van der Waals surface area contributed by atoms with E-state index < -0.39 is 0 Å². The zero-order valence-electron chi connectivity index (χ0n) is 8.17. The number of nitrogens with one attached hydrogen (secondary N) is 2. The van der Waals surface area contributed by atoms with Gasteiger partial charge in [0.25, 0.3) is 0 Å². The molecule has 1 heterocycles. The van der Waals surface area contributed by atoms with Crippen molar-refractivity contribution in [3.63, 3.8) is 0 Å². The number of nitrogens with two attached hydrogens (primary N) is 1. The molecule has 4 N–H and O–H groups in total. The molecule has 74 valence electrons. The summed E-state index contributed by atoms with van der Waals surface area (Å²) in [4.78, 5) is 4.26. The predicted octanol–water partition coefficient (Wildman–Crippen LogP) is 0.948. The topological polar surface area (TPSA) is 62.4 Å². The van der Waals surface area contributed by atoms with Gasteiger partial charge in [-0.3, -0.25) is 4.99 Å². The summed E-state index contributed by atoms with van der Waals surface area (Å²) in [5.41, 5.74) is 8.67. The van der Waals surface area contributed by atoms with Crippen molar-refractivity contribution in [3.8, 4) is 0 Å². The van der Waals surface area contributed by atoms with Crippen molar-refractivity contribution in [2.24, 2.45) is 4.99 Å². The summed E-state index contributed by atoms with van der Waals surface area (Å²) in [6.07, 6.45) is 0. The Morgan fingerprint density at radius 3 is 3.07 bits per heavy atom. The normalized spacial score (nSPS) is 14.8. The lowest BCUT2D eigenvalue weighted by atomic mass is 10.1. The van der Waals surface area contributed by atoms with E-state index in [4.69, 9.17) is 5.73 Å². The maximum absolute atomic E-state index is 5.79. The third-order valence-electron chi connectivity index (χ3n) is 2.30. The fourth-order valence-corrected chi connectivity index (χ4v) is 1.40. The summed E-state index contributed by atoms with van der Waals surface area (Å²) in [5.74, 6) is 0.832. The van der Waals surface area contributed by atoms with Crippen molar-refractivity contribution in [2.75, 3.05) is 24.1 Å². The lowest BCUT2D eigenvalue weighted by molar-refractivity contribution is 0.959. The first-order chi connectivity index (χ1) is 6.77. The van der Waals surface area contributed by atoms with Crippen molar-refractivity contribution >= 4 is 17.3 Å². The van der Waals surface area contributed by atoms with Gasteiger partial charge in [-0.05, 0) is 24.6 Å². The highest BCUT2D eigenvalue weighted by atomic mass is 15.2. The van der Waals surface area contributed by atoms with E-state index >= 15 is 0 Å². The fraction of sp³-hybridized carbons (Fsp3) is 0.300. The lowest BCUT2D eigenvalue weighted by Crippen LogP contribution is -2.26. The first-order valence-electron chi connectivity index (χ1n) is 4.68. The zero-order valence-corrected chi connectivity index (χ0v) is 8.17. The number of hydrogen-bond acceptors (Lipinski definition) is 4. The van der Waals surface area contributed by atoms with Crippen LogP contribution in [0.5, 0.6) is 0 Å². The van der Waals surface area contributed by atoms with Crippen LogP contribution < -0.4 is 16.4 Å². The SMILES string of the molecule is Cc1c(N)cccc1NC1=NCCN1. The number of nitrogens with zero attached hydrogens (tertiary/aromatic N) is 1. The van der Waals surface area contributed by atoms with Gasteiger partial charge in [0.15, 0.2) is 5.96 Å². The van der Waals surface area contributed by atoms with E-state index in [0.29, 0.717) is 0 Å². The second kappa shape index (κ2) is 3.57. The summed E-state index contributed by atoms with van der Waals surface area (Å²) in [6.45, 7) is 3.74. The highest BCUT2D eigenvalue weighted by Crippen LogP contribution is 2.20. The Balaban J connectivity index is 2.20. The van der Waals surface area contributed by atoms with Gasteiger partial charge in [-0.2, -0.15) is 0 Å². The Morgan fingerprint density at radius 1 is 1.50 bits per heavy atom. The number of rotatable bonds is 1. The Labute approximate surface area is 83.2 Å². The molecule has 0 amide bonds. The molecule has 1 aromatic rings. The zero-order chi connectivity index (χ0) is 9.97. The number of benzene rings is 1. The first kappa shape index (κ1) is 8.87. The Morgan fingerprint density at radius 2 is 2.36 bits per heavy atom. The van der Waals surface area contributed by atoms with Crippen LogP contribution in [0, 0.1) is 6.92 Å². The monoisotopic (exact) mass is 190 g/mol. The van der Waals surface area contributed by atoms with Crippen LogP contribution in [0.15, 0.2) is 23.2 Å². The highest BCUT2D eigenvalue weighted by Gasteiger charge is 2.07. The molecule has 0 atom stereocenters. The fourth-order valence-electron chi connectivity index (χ4n) is 1.40. The maximum atomic E-state index is 5.79. The van der Waals surface area contributed by atoms with Crippen LogP contribution >= 0.6 is 0 Å². The summed E-state index contributed by atoms with van der Waals surface area (Å²) < 4.78 is 0. The second-order valence-corrected chi connectivity index (χ2v) is 3.30. The molecule has 0 aromatic heterocycles. The van der Waals surface area contributed by atoms with Gasteiger partial charge in [-0.1, -0.05) is 6.07 Å². The summed E-state index contributed by atoms with van der Waals surface area (Å²) in [5, 5.41) is 6.36. The number of nitrogen functional groups attached to an aromatic ring is 1. The molecular formula is C10H14N4. The maximum Gasteiger partial charge on any atom is 0.195 e. The number of anilines is 2. The third kappa shape index (κ3) is 1.64. The van der Waals surface area contributed by atoms with Crippen LogP contribution in [-0.2, 0) is 0 Å². The molecule has 1 aromatic carbocycles. The van der Waals surface area contributed by atoms with Crippen LogP contribution in [0.25, 0.3) is 0 Å². The van der Waals surface area contributed by atoms with Gasteiger partial charge in [0.05, 0.1) is 6.54 Å². The minimum Gasteiger partial charge on any atom is -0.398 e. The molecule has 1 aliphatic rings. The average molecular weight is 190 g/mol. The van der Waals surface area contributed by atoms with Gasteiger partial charge >= 0.3 is 0 Å². The molecule has 0 saturated heterocycles. The molecule has 1 aliphatic heterocycles. The van der Waals surface area contributed by atoms with E-state index in [1.807, 2.05) is 25.1 Å². The third-order valence-corrected chi connectivity index (χ3v) is 2.30. The van der Waals surface area contributed by atoms with Crippen molar-refractivity contribution in [1.29, 1.82) is 0 Å². The van der Waals surface area contributed by atoms with E-state index in [9.17, 15) is 0 Å². The minimum absolute atomic E-state index is 0.800. The average Bonchev–Trinajstić information content (AvgIpc) is 2.66. The van der Waals surface area contributed by atoms with Gasteiger partial charge in [0, 0.05) is 17.9 Å². The van der Waals surface area contributed by atoms with Gasteiger partial charge in [-0.25, -0.2) is 0 Å². The number of aliphatic imine (C=N–C) groups is 1. The van der Waals surface area contributed by atoms with Crippen molar-refractivity contribution in [1.82, 2.24) is 5.32 Å². The summed E-state index contributed by atoms with van der Waals surface area (Å²) >= 11 is 0. The highest BCUT2D eigenvalue weighted by molar-refractivity contribution is 5.95. The van der Waals surface area contributed by atoms with Gasteiger partial charge in [0.2, 0.25) is 0 Å². The van der Waals surface area contributed by atoms with E-state index in [-0.39, 0.29) is 0 Å². The van der Waals surface area contributed by atoms with E-state index in [1.165, 1.54) is 0 Å². The van der Waals surface area contributed by atoms with Crippen LogP contribution in [0.3, 0.4) is 0 Å². The molecular weight excluding hydrogens is 176 g/mol. The Hall–Kier alpha value is -1.71. The molecule has 14 heavy (non-hydrogen) atoms.